The molecule has 1 aliphatic carbocycles. The molecule has 3 rings (SSSR count). The van der Waals surface area contributed by atoms with Crippen molar-refractivity contribution in [3.05, 3.63) is 38.9 Å². The number of benzene rings is 1. The molecule has 0 saturated heterocycles. The first kappa shape index (κ1) is 18.2. The van der Waals surface area contributed by atoms with Gasteiger partial charge in [-0.1, -0.05) is 49.9 Å². The Kier molecular flexibility index (Phi) is 5.35. The zero-order chi connectivity index (χ0) is 18.1. The second-order valence-corrected chi connectivity index (χ2v) is 7.75. The van der Waals surface area contributed by atoms with Gasteiger partial charge in [0.25, 0.3) is 5.56 Å². The van der Waals surface area contributed by atoms with Gasteiger partial charge in [-0.15, -0.1) is 0 Å². The summed E-state index contributed by atoms with van der Waals surface area (Å²) in [5, 5.41) is 4.06. The first-order valence-electron chi connectivity index (χ1n) is 8.50. The van der Waals surface area contributed by atoms with E-state index in [2.05, 4.69) is 24.1 Å². The number of rotatable bonds is 3. The SMILES string of the molecule is C[C@@H]1[C@@H](C)CCC[C@H]1NC(=O)Cn1cnc2c(Cl)cc(Cl)cc2c1=O. The third kappa shape index (κ3) is 3.82. The zero-order valence-corrected chi connectivity index (χ0v) is 15.8. The van der Waals surface area contributed by atoms with E-state index in [4.69, 9.17) is 23.2 Å². The molecule has 1 saturated carbocycles. The van der Waals surface area contributed by atoms with E-state index in [1.54, 1.807) is 6.07 Å². The summed E-state index contributed by atoms with van der Waals surface area (Å²) in [5.41, 5.74) is 0.0667. The van der Waals surface area contributed by atoms with Gasteiger partial charge in [-0.25, -0.2) is 4.98 Å². The highest BCUT2D eigenvalue weighted by molar-refractivity contribution is 6.38. The van der Waals surface area contributed by atoms with Gasteiger partial charge < -0.3 is 5.32 Å². The first-order valence-corrected chi connectivity index (χ1v) is 9.26. The Morgan fingerprint density at radius 1 is 1.32 bits per heavy atom. The number of amides is 1. The Bertz CT molecular complexity index is 865. The van der Waals surface area contributed by atoms with Crippen LogP contribution in [0.25, 0.3) is 10.9 Å². The maximum atomic E-state index is 12.6. The molecular formula is C18H21Cl2N3O2. The molecule has 0 bridgehead atoms. The smallest absolute Gasteiger partial charge is 0.261 e. The topological polar surface area (TPSA) is 64.0 Å². The molecule has 134 valence electrons. The number of halogens is 2. The highest BCUT2D eigenvalue weighted by Crippen LogP contribution is 2.29. The maximum absolute atomic E-state index is 12.6. The van der Waals surface area contributed by atoms with Crippen molar-refractivity contribution in [2.75, 3.05) is 0 Å². The summed E-state index contributed by atoms with van der Waals surface area (Å²) in [4.78, 5) is 29.2. The molecule has 1 aliphatic rings. The summed E-state index contributed by atoms with van der Waals surface area (Å²) < 4.78 is 1.29. The fourth-order valence-corrected chi connectivity index (χ4v) is 4.04. The van der Waals surface area contributed by atoms with Crippen LogP contribution in [-0.2, 0) is 11.3 Å². The number of carbonyl (C=O) groups is 1. The summed E-state index contributed by atoms with van der Waals surface area (Å²) in [6, 6.07) is 3.22. The van der Waals surface area contributed by atoms with Crippen LogP contribution < -0.4 is 10.9 Å². The molecule has 1 heterocycles. The van der Waals surface area contributed by atoms with E-state index in [-0.39, 0.29) is 24.1 Å². The molecule has 1 fully saturated rings. The van der Waals surface area contributed by atoms with Crippen LogP contribution in [0.1, 0.15) is 33.1 Å². The largest absolute Gasteiger partial charge is 0.352 e. The lowest BCUT2D eigenvalue weighted by Crippen LogP contribution is -2.45. The average Bonchev–Trinajstić information content (AvgIpc) is 2.55. The van der Waals surface area contributed by atoms with Gasteiger partial charge in [-0.05, 0) is 30.4 Å². The third-order valence-electron chi connectivity index (χ3n) is 5.21. The van der Waals surface area contributed by atoms with Crippen molar-refractivity contribution in [2.45, 2.75) is 45.7 Å². The monoisotopic (exact) mass is 381 g/mol. The molecule has 1 aromatic carbocycles. The van der Waals surface area contributed by atoms with E-state index < -0.39 is 0 Å². The number of hydrogen-bond acceptors (Lipinski definition) is 3. The minimum absolute atomic E-state index is 0.0660. The highest BCUT2D eigenvalue weighted by atomic mass is 35.5. The molecule has 0 radical (unpaired) electrons. The van der Waals surface area contributed by atoms with Crippen LogP contribution in [-0.4, -0.2) is 21.5 Å². The van der Waals surface area contributed by atoms with Gasteiger partial charge in [0.2, 0.25) is 5.91 Å². The molecule has 2 aromatic rings. The Morgan fingerprint density at radius 3 is 2.84 bits per heavy atom. The van der Waals surface area contributed by atoms with Crippen molar-refractivity contribution in [1.82, 2.24) is 14.9 Å². The Morgan fingerprint density at radius 2 is 2.08 bits per heavy atom. The predicted molar refractivity (Wildman–Crippen MR) is 100 cm³/mol. The minimum Gasteiger partial charge on any atom is -0.352 e. The molecule has 25 heavy (non-hydrogen) atoms. The predicted octanol–water partition coefficient (Wildman–Crippen LogP) is 3.64. The summed E-state index contributed by atoms with van der Waals surface area (Å²) in [5.74, 6) is 0.845. The summed E-state index contributed by atoms with van der Waals surface area (Å²) >= 11 is 12.0. The zero-order valence-electron chi connectivity index (χ0n) is 14.3. The van der Waals surface area contributed by atoms with Gasteiger partial charge >= 0.3 is 0 Å². The fraction of sp³-hybridized carbons (Fsp3) is 0.500. The standard InChI is InChI=1S/C18H21Cl2N3O2/c1-10-4-3-5-15(11(10)2)22-16(24)8-23-9-21-17-13(18(23)25)6-12(19)7-14(17)20/h6-7,9-11,15H,3-5,8H2,1-2H3,(H,22,24)/t10-,11+,15+/m0/s1. The van der Waals surface area contributed by atoms with E-state index in [9.17, 15) is 9.59 Å². The lowest BCUT2D eigenvalue weighted by atomic mass is 9.78. The number of hydrogen-bond donors (Lipinski definition) is 1. The Labute approximate surface area is 156 Å². The molecule has 0 spiro atoms. The van der Waals surface area contributed by atoms with Crippen LogP contribution >= 0.6 is 23.2 Å². The number of aromatic nitrogens is 2. The number of nitrogens with one attached hydrogen (secondary N) is 1. The molecule has 1 aromatic heterocycles. The quantitative estimate of drug-likeness (QED) is 0.882. The minimum atomic E-state index is -0.324. The number of nitrogens with zero attached hydrogens (tertiary/aromatic N) is 2. The van der Waals surface area contributed by atoms with Gasteiger partial charge in [0.1, 0.15) is 6.54 Å². The average molecular weight is 382 g/mol. The van der Waals surface area contributed by atoms with Crippen LogP contribution in [0, 0.1) is 11.8 Å². The molecule has 7 heteroatoms. The van der Waals surface area contributed by atoms with E-state index in [0.29, 0.717) is 32.8 Å². The molecule has 3 atom stereocenters. The second kappa shape index (κ2) is 7.34. The van der Waals surface area contributed by atoms with Crippen molar-refractivity contribution in [1.29, 1.82) is 0 Å². The summed E-state index contributed by atoms with van der Waals surface area (Å²) in [7, 11) is 0. The van der Waals surface area contributed by atoms with Crippen molar-refractivity contribution in [3.63, 3.8) is 0 Å². The van der Waals surface area contributed by atoms with E-state index in [1.165, 1.54) is 23.4 Å². The molecule has 0 unspecified atom stereocenters. The Balaban J connectivity index is 1.80. The van der Waals surface area contributed by atoms with E-state index >= 15 is 0 Å². The van der Waals surface area contributed by atoms with Crippen LogP contribution in [0.2, 0.25) is 10.0 Å². The lowest BCUT2D eigenvalue weighted by molar-refractivity contribution is -0.123. The molecular weight excluding hydrogens is 361 g/mol. The van der Waals surface area contributed by atoms with Gasteiger partial charge in [-0.2, -0.15) is 0 Å². The van der Waals surface area contributed by atoms with Gasteiger partial charge in [0.15, 0.2) is 0 Å². The maximum Gasteiger partial charge on any atom is 0.261 e. The van der Waals surface area contributed by atoms with Gasteiger partial charge in [0.05, 0.1) is 22.3 Å². The molecule has 1 amide bonds. The van der Waals surface area contributed by atoms with E-state index in [0.717, 1.165) is 12.8 Å². The van der Waals surface area contributed by atoms with Gasteiger partial charge in [0, 0.05) is 11.1 Å². The molecule has 1 N–H and O–H groups in total. The van der Waals surface area contributed by atoms with Crippen molar-refractivity contribution in [2.24, 2.45) is 11.8 Å². The highest BCUT2D eigenvalue weighted by Gasteiger charge is 2.28. The van der Waals surface area contributed by atoms with Gasteiger partial charge in [-0.3, -0.25) is 14.2 Å². The normalized spacial score (nSPS) is 23.6. The lowest BCUT2D eigenvalue weighted by Gasteiger charge is -2.34. The van der Waals surface area contributed by atoms with E-state index in [1.807, 2.05) is 0 Å². The van der Waals surface area contributed by atoms with Crippen LogP contribution in [0.3, 0.4) is 0 Å². The van der Waals surface area contributed by atoms with Crippen LogP contribution in [0.4, 0.5) is 0 Å². The molecule has 0 aliphatic heterocycles. The fourth-order valence-electron chi connectivity index (χ4n) is 3.50. The van der Waals surface area contributed by atoms with Crippen molar-refractivity contribution >= 4 is 40.0 Å². The summed E-state index contributed by atoms with van der Waals surface area (Å²) in [6.07, 6.45) is 4.65. The summed E-state index contributed by atoms with van der Waals surface area (Å²) in [6.45, 7) is 4.32. The Hall–Kier alpha value is -1.59. The third-order valence-corrected chi connectivity index (χ3v) is 5.72. The van der Waals surface area contributed by atoms with Crippen molar-refractivity contribution in [3.8, 4) is 0 Å². The first-order chi connectivity index (χ1) is 11.9. The molecule has 5 nitrogen and oxygen atoms in total. The van der Waals surface area contributed by atoms with Crippen molar-refractivity contribution < 1.29 is 4.79 Å². The number of carbonyl (C=O) groups excluding carboxylic acids is 1. The second-order valence-electron chi connectivity index (χ2n) is 6.90. The van der Waals surface area contributed by atoms with Crippen LogP contribution in [0.5, 0.6) is 0 Å². The van der Waals surface area contributed by atoms with Crippen LogP contribution in [0.15, 0.2) is 23.3 Å². The number of fused-ring (bicyclic) bond motifs is 1.